The summed E-state index contributed by atoms with van der Waals surface area (Å²) in [7, 11) is 0. The number of rotatable bonds is 6. The molecule has 0 radical (unpaired) electrons. The molecule has 1 aliphatic rings. The van der Waals surface area contributed by atoms with Gasteiger partial charge >= 0.3 is 0 Å². The molecule has 0 aliphatic heterocycles. The molecule has 0 amide bonds. The third-order valence-electron chi connectivity index (χ3n) is 3.83. The van der Waals surface area contributed by atoms with Crippen LogP contribution < -0.4 is 4.74 Å². The van der Waals surface area contributed by atoms with Gasteiger partial charge in [0.15, 0.2) is 0 Å². The average molecular weight is 308 g/mol. The van der Waals surface area contributed by atoms with Crippen molar-refractivity contribution in [1.29, 1.82) is 0 Å². The van der Waals surface area contributed by atoms with Crippen molar-refractivity contribution >= 4 is 22.8 Å². The van der Waals surface area contributed by atoms with E-state index < -0.39 is 0 Å². The number of allylic oxidation sites excluding steroid dienone is 6. The van der Waals surface area contributed by atoms with Crippen LogP contribution in [0.1, 0.15) is 31.9 Å². The predicted octanol–water partition coefficient (Wildman–Crippen LogP) is 5.08. The summed E-state index contributed by atoms with van der Waals surface area (Å²) in [6, 6.07) is 7.93. The first-order valence-electron chi connectivity index (χ1n) is 7.99. The Hall–Kier alpha value is -2.55. The van der Waals surface area contributed by atoms with Crippen molar-refractivity contribution in [2.75, 3.05) is 6.61 Å². The lowest BCUT2D eigenvalue weighted by molar-refractivity contribution is -0.104. The summed E-state index contributed by atoms with van der Waals surface area (Å²) >= 11 is 0. The molecule has 1 aromatic carbocycles. The Morgan fingerprint density at radius 2 is 2.17 bits per heavy atom. The molecule has 0 atom stereocenters. The predicted molar refractivity (Wildman–Crippen MR) is 92.5 cm³/mol. The van der Waals surface area contributed by atoms with Gasteiger partial charge < -0.3 is 9.15 Å². The van der Waals surface area contributed by atoms with Gasteiger partial charge in [0.05, 0.1) is 6.61 Å². The maximum Gasteiger partial charge on any atom is 0.150 e. The van der Waals surface area contributed by atoms with Crippen molar-refractivity contribution in [3.8, 4) is 5.75 Å². The molecule has 1 aromatic heterocycles. The van der Waals surface area contributed by atoms with Crippen LogP contribution in [0.5, 0.6) is 5.75 Å². The van der Waals surface area contributed by atoms with Crippen LogP contribution in [0.25, 0.3) is 16.5 Å². The number of fused-ring (bicyclic) bond motifs is 1. The fourth-order valence-corrected chi connectivity index (χ4v) is 2.51. The Kier molecular flexibility index (Phi) is 4.77. The summed E-state index contributed by atoms with van der Waals surface area (Å²) in [5.74, 6) is 1.70. The molecule has 0 unspecified atom stereocenters. The summed E-state index contributed by atoms with van der Waals surface area (Å²) in [6.07, 6.45) is 11.3. The third-order valence-corrected chi connectivity index (χ3v) is 3.83. The molecule has 0 N–H and O–H groups in total. The Morgan fingerprint density at radius 3 is 3.00 bits per heavy atom. The first-order valence-corrected chi connectivity index (χ1v) is 7.99. The van der Waals surface area contributed by atoms with E-state index in [-0.39, 0.29) is 0 Å². The smallest absolute Gasteiger partial charge is 0.150 e. The number of furan rings is 1. The highest BCUT2D eigenvalue weighted by atomic mass is 16.5. The van der Waals surface area contributed by atoms with Gasteiger partial charge in [-0.1, -0.05) is 37.6 Å². The highest BCUT2D eigenvalue weighted by Crippen LogP contribution is 2.30. The molecule has 0 saturated heterocycles. The Labute approximate surface area is 135 Å². The van der Waals surface area contributed by atoms with Gasteiger partial charge in [0.25, 0.3) is 0 Å². The first-order chi connectivity index (χ1) is 11.3. The van der Waals surface area contributed by atoms with E-state index >= 15 is 0 Å². The highest BCUT2D eigenvalue weighted by molar-refractivity contribution is 5.85. The summed E-state index contributed by atoms with van der Waals surface area (Å²) in [6.45, 7) is 2.89. The minimum atomic E-state index is 0.669. The normalized spacial score (nSPS) is 14.3. The van der Waals surface area contributed by atoms with E-state index in [1.165, 1.54) is 0 Å². The van der Waals surface area contributed by atoms with E-state index in [2.05, 4.69) is 6.92 Å². The molecule has 0 bridgehead atoms. The van der Waals surface area contributed by atoms with E-state index in [4.69, 9.17) is 9.15 Å². The number of aldehydes is 1. The molecule has 3 rings (SSSR count). The minimum Gasteiger partial charge on any atom is -0.494 e. The van der Waals surface area contributed by atoms with Gasteiger partial charge in [-0.05, 0) is 42.7 Å². The zero-order valence-electron chi connectivity index (χ0n) is 13.2. The number of hydrogen-bond donors (Lipinski definition) is 0. The highest BCUT2D eigenvalue weighted by Gasteiger charge is 2.10. The molecular weight excluding hydrogens is 288 g/mol. The molecule has 3 heteroatoms. The van der Waals surface area contributed by atoms with E-state index in [1.807, 2.05) is 48.6 Å². The second-order valence-corrected chi connectivity index (χ2v) is 5.60. The number of carbonyl (C=O) groups is 1. The quantitative estimate of drug-likeness (QED) is 0.552. The minimum absolute atomic E-state index is 0.669. The van der Waals surface area contributed by atoms with Crippen LogP contribution in [0.15, 0.2) is 58.6 Å². The van der Waals surface area contributed by atoms with Gasteiger partial charge in [0.1, 0.15) is 23.4 Å². The molecule has 1 aliphatic carbocycles. The number of unbranched alkanes of at least 4 members (excludes halogenated alkanes) is 1. The molecule has 0 saturated carbocycles. The van der Waals surface area contributed by atoms with Crippen molar-refractivity contribution < 1.29 is 13.9 Å². The second-order valence-electron chi connectivity index (χ2n) is 5.60. The summed E-state index contributed by atoms with van der Waals surface area (Å²) in [5.41, 5.74) is 2.57. The van der Waals surface area contributed by atoms with Gasteiger partial charge in [0.2, 0.25) is 0 Å². The van der Waals surface area contributed by atoms with Crippen molar-refractivity contribution in [2.45, 2.75) is 26.2 Å². The molecule has 118 valence electrons. The van der Waals surface area contributed by atoms with Crippen LogP contribution in [-0.2, 0) is 4.79 Å². The monoisotopic (exact) mass is 308 g/mol. The molecular formula is C20H20O3. The number of carbonyl (C=O) groups excluding carboxylic acids is 1. The van der Waals surface area contributed by atoms with Crippen molar-refractivity contribution in [3.63, 3.8) is 0 Å². The molecule has 3 nitrogen and oxygen atoms in total. The molecule has 23 heavy (non-hydrogen) atoms. The SMILES string of the molecule is CCCCOc1ccc2oc(C3=CC=C(C=O)C=CC3)cc2c1. The van der Waals surface area contributed by atoms with E-state index in [1.54, 1.807) is 0 Å². The fourth-order valence-electron chi connectivity index (χ4n) is 2.51. The maximum atomic E-state index is 10.9. The van der Waals surface area contributed by atoms with Gasteiger partial charge in [-0.2, -0.15) is 0 Å². The summed E-state index contributed by atoms with van der Waals surface area (Å²) in [5, 5.41) is 1.03. The van der Waals surface area contributed by atoms with Gasteiger partial charge in [-0.3, -0.25) is 4.79 Å². The summed E-state index contributed by atoms with van der Waals surface area (Å²) < 4.78 is 11.7. The lowest BCUT2D eigenvalue weighted by Crippen LogP contribution is -1.95. The van der Waals surface area contributed by atoms with Crippen LogP contribution in [0.3, 0.4) is 0 Å². The van der Waals surface area contributed by atoms with Crippen molar-refractivity contribution in [3.05, 3.63) is 59.9 Å². The van der Waals surface area contributed by atoms with Crippen molar-refractivity contribution in [2.24, 2.45) is 0 Å². The Morgan fingerprint density at radius 1 is 1.26 bits per heavy atom. The van der Waals surface area contributed by atoms with Gasteiger partial charge in [0, 0.05) is 11.0 Å². The van der Waals surface area contributed by atoms with Gasteiger partial charge in [-0.25, -0.2) is 0 Å². The van der Waals surface area contributed by atoms with Crippen LogP contribution in [-0.4, -0.2) is 12.9 Å². The van der Waals surface area contributed by atoms with E-state index in [0.717, 1.165) is 60.2 Å². The second kappa shape index (κ2) is 7.14. The van der Waals surface area contributed by atoms with Gasteiger partial charge in [-0.15, -0.1) is 0 Å². The van der Waals surface area contributed by atoms with Crippen LogP contribution >= 0.6 is 0 Å². The number of hydrogen-bond acceptors (Lipinski definition) is 3. The van der Waals surface area contributed by atoms with E-state index in [0.29, 0.717) is 5.57 Å². The van der Waals surface area contributed by atoms with Crippen LogP contribution in [0.4, 0.5) is 0 Å². The maximum absolute atomic E-state index is 10.9. The zero-order chi connectivity index (χ0) is 16.1. The number of ether oxygens (including phenoxy) is 1. The molecule has 1 heterocycles. The Bertz CT molecular complexity index is 790. The molecule has 2 aromatic rings. The molecule has 0 fully saturated rings. The van der Waals surface area contributed by atoms with Crippen LogP contribution in [0.2, 0.25) is 0 Å². The first kappa shape index (κ1) is 15.3. The van der Waals surface area contributed by atoms with Crippen LogP contribution in [0, 0.1) is 0 Å². The zero-order valence-corrected chi connectivity index (χ0v) is 13.2. The largest absolute Gasteiger partial charge is 0.494 e. The molecule has 0 spiro atoms. The lowest BCUT2D eigenvalue weighted by Gasteiger charge is -2.04. The third kappa shape index (κ3) is 3.62. The average Bonchev–Trinajstić information content (AvgIpc) is 2.84. The Balaban J connectivity index is 1.85. The van der Waals surface area contributed by atoms with Crippen molar-refractivity contribution in [1.82, 2.24) is 0 Å². The lowest BCUT2D eigenvalue weighted by atomic mass is 10.1. The fraction of sp³-hybridized carbons (Fsp3) is 0.250. The summed E-state index contributed by atoms with van der Waals surface area (Å²) in [4.78, 5) is 10.9. The number of benzene rings is 1. The topological polar surface area (TPSA) is 39.4 Å². The standard InChI is InChI=1S/C20H20O3/c1-2-3-11-22-18-9-10-19-17(12-18)13-20(23-19)16-6-4-5-15(14-21)7-8-16/h4-5,7-10,12-14H,2-3,6,11H2,1H3. The van der Waals surface area contributed by atoms with E-state index in [9.17, 15) is 4.79 Å².